The van der Waals surface area contributed by atoms with Crippen LogP contribution >= 0.6 is 23.2 Å². The molecule has 5 heteroatoms. The van der Waals surface area contributed by atoms with E-state index < -0.39 is 0 Å². The van der Waals surface area contributed by atoms with Gasteiger partial charge < -0.3 is 4.98 Å². The van der Waals surface area contributed by atoms with Gasteiger partial charge in [-0.3, -0.25) is 4.79 Å². The van der Waals surface area contributed by atoms with Crippen LogP contribution in [0.5, 0.6) is 0 Å². The SMILES string of the molecule is N#Cc1[nH]c2cc(Cl)c(Cl)cc2c1C=O. The molecule has 0 radical (unpaired) electrons. The van der Waals surface area contributed by atoms with E-state index in [1.54, 1.807) is 12.1 Å². The van der Waals surface area contributed by atoms with Gasteiger partial charge in [0.15, 0.2) is 6.29 Å². The molecule has 74 valence electrons. The Labute approximate surface area is 95.2 Å². The van der Waals surface area contributed by atoms with Crippen molar-refractivity contribution in [3.63, 3.8) is 0 Å². The summed E-state index contributed by atoms with van der Waals surface area (Å²) in [5.74, 6) is 0. The largest absolute Gasteiger partial charge is 0.346 e. The highest BCUT2D eigenvalue weighted by molar-refractivity contribution is 6.42. The number of nitrogens with one attached hydrogen (secondary N) is 1. The molecule has 0 aliphatic rings. The lowest BCUT2D eigenvalue weighted by molar-refractivity contribution is 0.112. The van der Waals surface area contributed by atoms with Crippen molar-refractivity contribution >= 4 is 40.4 Å². The molecule has 0 spiro atoms. The van der Waals surface area contributed by atoms with E-state index in [0.29, 0.717) is 32.8 Å². The molecule has 3 nitrogen and oxygen atoms in total. The summed E-state index contributed by atoms with van der Waals surface area (Å²) in [6.07, 6.45) is 0.627. The number of halogens is 2. The number of carbonyl (C=O) groups is 1. The molecule has 2 aromatic rings. The van der Waals surface area contributed by atoms with Gasteiger partial charge in [0.05, 0.1) is 15.6 Å². The van der Waals surface area contributed by atoms with Crippen LogP contribution in [-0.4, -0.2) is 11.3 Å². The van der Waals surface area contributed by atoms with E-state index in [0.717, 1.165) is 0 Å². The van der Waals surface area contributed by atoms with Crippen LogP contribution in [0.1, 0.15) is 16.1 Å². The molecule has 0 atom stereocenters. The average molecular weight is 239 g/mol. The predicted molar refractivity (Wildman–Crippen MR) is 58.4 cm³/mol. The van der Waals surface area contributed by atoms with Gasteiger partial charge in [-0.1, -0.05) is 23.2 Å². The fourth-order valence-corrected chi connectivity index (χ4v) is 1.75. The van der Waals surface area contributed by atoms with Gasteiger partial charge in [-0.2, -0.15) is 5.26 Å². The lowest BCUT2D eigenvalue weighted by Gasteiger charge is -1.95. The van der Waals surface area contributed by atoms with Crippen molar-refractivity contribution in [2.24, 2.45) is 0 Å². The minimum Gasteiger partial charge on any atom is -0.346 e. The number of nitriles is 1. The number of H-pyrrole nitrogens is 1. The van der Waals surface area contributed by atoms with E-state index in [1.165, 1.54) is 0 Å². The highest BCUT2D eigenvalue weighted by atomic mass is 35.5. The van der Waals surface area contributed by atoms with Crippen molar-refractivity contribution in [3.8, 4) is 6.07 Å². The molecule has 0 saturated heterocycles. The van der Waals surface area contributed by atoms with E-state index in [4.69, 9.17) is 28.5 Å². The molecule has 1 N–H and O–H groups in total. The molecule has 1 aromatic heterocycles. The zero-order valence-corrected chi connectivity index (χ0v) is 8.86. The van der Waals surface area contributed by atoms with Gasteiger partial charge >= 0.3 is 0 Å². The van der Waals surface area contributed by atoms with Gasteiger partial charge in [-0.25, -0.2) is 0 Å². The lowest BCUT2D eigenvalue weighted by Crippen LogP contribution is -1.81. The van der Waals surface area contributed by atoms with E-state index in [9.17, 15) is 4.79 Å². The number of hydrogen-bond donors (Lipinski definition) is 1. The van der Waals surface area contributed by atoms with Crippen molar-refractivity contribution in [1.29, 1.82) is 5.26 Å². The minimum absolute atomic E-state index is 0.221. The Balaban J connectivity index is 2.91. The number of benzene rings is 1. The molecule has 2 rings (SSSR count). The number of aromatic nitrogens is 1. The van der Waals surface area contributed by atoms with Gasteiger partial charge in [0.1, 0.15) is 11.8 Å². The molecule has 1 aromatic carbocycles. The first-order valence-electron chi connectivity index (χ1n) is 4.03. The van der Waals surface area contributed by atoms with Crippen molar-refractivity contribution < 1.29 is 4.79 Å². The number of carbonyl (C=O) groups excluding carboxylic acids is 1. The van der Waals surface area contributed by atoms with Crippen molar-refractivity contribution in [2.45, 2.75) is 0 Å². The third kappa shape index (κ3) is 1.48. The number of fused-ring (bicyclic) bond motifs is 1. The van der Waals surface area contributed by atoms with Gasteiger partial charge in [0.25, 0.3) is 0 Å². The molecule has 0 saturated carbocycles. The number of hydrogen-bond acceptors (Lipinski definition) is 2. The Morgan fingerprint density at radius 3 is 2.60 bits per heavy atom. The van der Waals surface area contributed by atoms with Gasteiger partial charge in [-0.15, -0.1) is 0 Å². The Bertz CT molecular complexity index is 595. The Kier molecular flexibility index (Phi) is 2.39. The molecular formula is C10H4Cl2N2O. The standard InChI is InChI=1S/C10H4Cl2N2O/c11-7-1-5-6(4-15)10(3-13)14-9(5)2-8(7)12/h1-2,4,14H. The van der Waals surface area contributed by atoms with E-state index in [1.807, 2.05) is 6.07 Å². The summed E-state index contributed by atoms with van der Waals surface area (Å²) >= 11 is 11.6. The van der Waals surface area contributed by atoms with Crippen molar-refractivity contribution in [3.05, 3.63) is 33.4 Å². The Morgan fingerprint density at radius 1 is 1.33 bits per heavy atom. The molecule has 1 heterocycles. The van der Waals surface area contributed by atoms with Gasteiger partial charge in [0, 0.05) is 10.9 Å². The van der Waals surface area contributed by atoms with Crippen LogP contribution in [0.4, 0.5) is 0 Å². The van der Waals surface area contributed by atoms with Gasteiger partial charge in [-0.05, 0) is 12.1 Å². The number of aldehydes is 1. The predicted octanol–water partition coefficient (Wildman–Crippen LogP) is 3.16. The normalized spacial score (nSPS) is 10.2. The fourth-order valence-electron chi connectivity index (χ4n) is 1.42. The summed E-state index contributed by atoms with van der Waals surface area (Å²) in [5.41, 5.74) is 1.16. The number of nitrogens with zero attached hydrogens (tertiary/aromatic N) is 1. The summed E-state index contributed by atoms with van der Waals surface area (Å²) in [5, 5.41) is 10.1. The molecular weight excluding hydrogens is 235 g/mol. The highest BCUT2D eigenvalue weighted by Gasteiger charge is 2.12. The van der Waals surface area contributed by atoms with Crippen molar-refractivity contribution in [1.82, 2.24) is 4.98 Å². The molecule has 0 amide bonds. The summed E-state index contributed by atoms with van der Waals surface area (Å²) in [6, 6.07) is 5.06. The first-order chi connectivity index (χ1) is 7.17. The number of rotatable bonds is 1. The zero-order chi connectivity index (χ0) is 11.0. The fraction of sp³-hybridized carbons (Fsp3) is 0. The maximum atomic E-state index is 10.8. The third-order valence-electron chi connectivity index (χ3n) is 2.11. The first-order valence-corrected chi connectivity index (χ1v) is 4.79. The lowest BCUT2D eigenvalue weighted by atomic mass is 10.1. The molecule has 0 aliphatic heterocycles. The van der Waals surface area contributed by atoms with Crippen LogP contribution in [0.25, 0.3) is 10.9 Å². The smallest absolute Gasteiger partial charge is 0.153 e. The molecule has 15 heavy (non-hydrogen) atoms. The monoisotopic (exact) mass is 238 g/mol. The quantitative estimate of drug-likeness (QED) is 0.777. The summed E-state index contributed by atoms with van der Waals surface area (Å²) in [7, 11) is 0. The molecule has 0 unspecified atom stereocenters. The molecule has 0 aliphatic carbocycles. The second-order valence-electron chi connectivity index (χ2n) is 2.96. The van der Waals surface area contributed by atoms with Gasteiger partial charge in [0.2, 0.25) is 0 Å². The van der Waals surface area contributed by atoms with E-state index in [-0.39, 0.29) is 5.69 Å². The second-order valence-corrected chi connectivity index (χ2v) is 3.77. The van der Waals surface area contributed by atoms with Crippen LogP contribution in [0.2, 0.25) is 10.0 Å². The van der Waals surface area contributed by atoms with Crippen LogP contribution < -0.4 is 0 Å². The van der Waals surface area contributed by atoms with E-state index in [2.05, 4.69) is 4.98 Å². The third-order valence-corrected chi connectivity index (χ3v) is 2.83. The highest BCUT2D eigenvalue weighted by Crippen LogP contribution is 2.30. The second kappa shape index (κ2) is 3.58. The van der Waals surface area contributed by atoms with Crippen LogP contribution in [0.15, 0.2) is 12.1 Å². The molecule has 0 fully saturated rings. The Morgan fingerprint density at radius 2 is 2.00 bits per heavy atom. The average Bonchev–Trinajstić information content (AvgIpc) is 2.56. The first kappa shape index (κ1) is 10.0. The summed E-state index contributed by atoms with van der Waals surface area (Å²) in [6.45, 7) is 0. The van der Waals surface area contributed by atoms with Crippen LogP contribution in [0, 0.1) is 11.3 Å². The van der Waals surface area contributed by atoms with Crippen molar-refractivity contribution in [2.75, 3.05) is 0 Å². The van der Waals surface area contributed by atoms with Crippen LogP contribution in [0.3, 0.4) is 0 Å². The zero-order valence-electron chi connectivity index (χ0n) is 7.34. The minimum atomic E-state index is 0.221. The molecule has 0 bridgehead atoms. The maximum Gasteiger partial charge on any atom is 0.153 e. The maximum absolute atomic E-state index is 10.8. The Hall–Kier alpha value is -1.50. The van der Waals surface area contributed by atoms with Crippen LogP contribution in [-0.2, 0) is 0 Å². The number of aromatic amines is 1. The van der Waals surface area contributed by atoms with E-state index >= 15 is 0 Å². The topological polar surface area (TPSA) is 56.6 Å². The summed E-state index contributed by atoms with van der Waals surface area (Å²) in [4.78, 5) is 13.6. The summed E-state index contributed by atoms with van der Waals surface area (Å²) < 4.78 is 0.